The lowest BCUT2D eigenvalue weighted by Gasteiger charge is -2.11. The van der Waals surface area contributed by atoms with Gasteiger partial charge in [0, 0.05) is 17.1 Å². The van der Waals surface area contributed by atoms with Crippen molar-refractivity contribution in [3.63, 3.8) is 0 Å². The third kappa shape index (κ3) is 3.19. The van der Waals surface area contributed by atoms with Crippen molar-refractivity contribution in [3.05, 3.63) is 34.6 Å². The molecule has 88 valence electrons. The summed E-state index contributed by atoms with van der Waals surface area (Å²) in [6.07, 6.45) is 2.71. The molecular weight excluding hydrogens is 225 g/mol. The van der Waals surface area contributed by atoms with Crippen LogP contribution in [-0.4, -0.2) is 6.54 Å². The maximum Gasteiger partial charge on any atom is 0.127 e. The first-order chi connectivity index (χ1) is 7.66. The van der Waals surface area contributed by atoms with E-state index in [0.717, 1.165) is 12.5 Å². The molecule has 0 heterocycles. The predicted molar refractivity (Wildman–Crippen MR) is 65.0 cm³/mol. The summed E-state index contributed by atoms with van der Waals surface area (Å²) in [5.74, 6) is 1.40. The van der Waals surface area contributed by atoms with Gasteiger partial charge < -0.3 is 5.32 Å². The van der Waals surface area contributed by atoms with E-state index in [1.165, 1.54) is 18.9 Å². The van der Waals surface area contributed by atoms with Crippen LogP contribution in [0.3, 0.4) is 0 Å². The Hall–Kier alpha value is -0.600. The topological polar surface area (TPSA) is 12.0 Å². The van der Waals surface area contributed by atoms with Crippen LogP contribution in [0.4, 0.5) is 4.39 Å². The molecule has 1 atom stereocenters. The molecule has 1 saturated carbocycles. The molecule has 0 bridgehead atoms. The summed E-state index contributed by atoms with van der Waals surface area (Å²) >= 11 is 5.82. The summed E-state index contributed by atoms with van der Waals surface area (Å²) in [5, 5.41) is 3.88. The van der Waals surface area contributed by atoms with Gasteiger partial charge in [-0.05, 0) is 49.4 Å². The minimum atomic E-state index is -0.184. The zero-order valence-electron chi connectivity index (χ0n) is 9.47. The molecule has 1 fully saturated rings. The molecule has 1 N–H and O–H groups in total. The number of hydrogen-bond acceptors (Lipinski definition) is 1. The fraction of sp³-hybridized carbons (Fsp3) is 0.538. The average Bonchev–Trinajstić information content (AvgIpc) is 3.06. The van der Waals surface area contributed by atoms with E-state index in [0.29, 0.717) is 23.0 Å². The predicted octanol–water partition coefficient (Wildman–Crippen LogP) is 3.61. The first-order valence-corrected chi connectivity index (χ1v) is 6.19. The molecular formula is C13H17ClFN. The first kappa shape index (κ1) is 11.9. The van der Waals surface area contributed by atoms with Crippen molar-refractivity contribution < 1.29 is 4.39 Å². The van der Waals surface area contributed by atoms with Gasteiger partial charge in [-0.3, -0.25) is 0 Å². The van der Waals surface area contributed by atoms with Crippen molar-refractivity contribution in [2.24, 2.45) is 11.8 Å². The molecule has 0 spiro atoms. The van der Waals surface area contributed by atoms with Crippen molar-refractivity contribution in [1.82, 2.24) is 5.32 Å². The van der Waals surface area contributed by atoms with Crippen LogP contribution in [0.2, 0.25) is 5.02 Å². The van der Waals surface area contributed by atoms with Gasteiger partial charge in [0.2, 0.25) is 0 Å². The summed E-state index contributed by atoms with van der Waals surface area (Å²) in [6, 6.07) is 4.68. The molecule has 1 nitrogen and oxygen atoms in total. The molecule has 3 heteroatoms. The van der Waals surface area contributed by atoms with Gasteiger partial charge in [-0.1, -0.05) is 18.5 Å². The number of benzene rings is 1. The van der Waals surface area contributed by atoms with Crippen LogP contribution in [0.1, 0.15) is 25.3 Å². The fourth-order valence-corrected chi connectivity index (χ4v) is 2.14. The van der Waals surface area contributed by atoms with Gasteiger partial charge in [-0.25, -0.2) is 4.39 Å². The molecule has 0 radical (unpaired) electrons. The average molecular weight is 242 g/mol. The van der Waals surface area contributed by atoms with Crippen LogP contribution < -0.4 is 5.32 Å². The summed E-state index contributed by atoms with van der Waals surface area (Å²) < 4.78 is 13.4. The lowest BCUT2D eigenvalue weighted by Crippen LogP contribution is -2.22. The Labute approximate surface area is 101 Å². The lowest BCUT2D eigenvalue weighted by atomic mass is 10.1. The second-order valence-electron chi connectivity index (χ2n) is 4.68. The van der Waals surface area contributed by atoms with Gasteiger partial charge in [0.05, 0.1) is 0 Å². The van der Waals surface area contributed by atoms with Crippen LogP contribution in [0.15, 0.2) is 18.2 Å². The summed E-state index contributed by atoms with van der Waals surface area (Å²) in [7, 11) is 0. The van der Waals surface area contributed by atoms with Gasteiger partial charge in [-0.2, -0.15) is 0 Å². The molecule has 16 heavy (non-hydrogen) atoms. The highest BCUT2D eigenvalue weighted by atomic mass is 35.5. The molecule has 1 aliphatic rings. The molecule has 2 rings (SSSR count). The van der Waals surface area contributed by atoms with E-state index in [-0.39, 0.29) is 5.82 Å². The third-order valence-electron chi connectivity index (χ3n) is 3.22. The molecule has 0 saturated heterocycles. The number of nitrogens with one attached hydrogen (secondary N) is 1. The highest BCUT2D eigenvalue weighted by Crippen LogP contribution is 2.36. The summed E-state index contributed by atoms with van der Waals surface area (Å²) in [4.78, 5) is 0. The highest BCUT2D eigenvalue weighted by molar-refractivity contribution is 6.30. The van der Waals surface area contributed by atoms with Crippen LogP contribution in [0.5, 0.6) is 0 Å². The number of hydrogen-bond donors (Lipinski definition) is 1. The van der Waals surface area contributed by atoms with E-state index >= 15 is 0 Å². The van der Waals surface area contributed by atoms with E-state index in [1.54, 1.807) is 12.1 Å². The number of rotatable bonds is 5. The lowest BCUT2D eigenvalue weighted by molar-refractivity contribution is 0.457. The zero-order chi connectivity index (χ0) is 11.5. The standard InChI is InChI=1S/C13H17ClFN/c1-9(10-2-3-10)7-16-8-11-6-12(14)4-5-13(11)15/h4-6,9-10,16H,2-3,7-8H2,1H3. The Balaban J connectivity index is 1.81. The van der Waals surface area contributed by atoms with Gasteiger partial charge in [0.25, 0.3) is 0 Å². The minimum absolute atomic E-state index is 0.184. The van der Waals surface area contributed by atoms with Crippen molar-refractivity contribution in [2.75, 3.05) is 6.54 Å². The van der Waals surface area contributed by atoms with Crippen molar-refractivity contribution in [1.29, 1.82) is 0 Å². The van der Waals surface area contributed by atoms with E-state index < -0.39 is 0 Å². The Kier molecular flexibility index (Phi) is 3.82. The maximum absolute atomic E-state index is 13.4. The van der Waals surface area contributed by atoms with Gasteiger partial charge in [-0.15, -0.1) is 0 Å². The molecule has 1 aromatic rings. The summed E-state index contributed by atoms with van der Waals surface area (Å²) in [6.45, 7) is 3.76. The van der Waals surface area contributed by atoms with E-state index in [4.69, 9.17) is 11.6 Å². The van der Waals surface area contributed by atoms with Crippen LogP contribution in [0, 0.1) is 17.7 Å². The van der Waals surface area contributed by atoms with Gasteiger partial charge in [0.15, 0.2) is 0 Å². The van der Waals surface area contributed by atoms with Crippen LogP contribution >= 0.6 is 11.6 Å². The Morgan fingerprint density at radius 3 is 2.94 bits per heavy atom. The Morgan fingerprint density at radius 2 is 2.25 bits per heavy atom. The Bertz CT molecular complexity index is 363. The molecule has 0 amide bonds. The number of halogens is 2. The normalized spacial score (nSPS) is 17.4. The largest absolute Gasteiger partial charge is 0.312 e. The SMILES string of the molecule is CC(CNCc1cc(Cl)ccc1F)C1CC1. The van der Waals surface area contributed by atoms with Crippen LogP contribution in [-0.2, 0) is 6.54 Å². The smallest absolute Gasteiger partial charge is 0.127 e. The van der Waals surface area contributed by atoms with E-state index in [1.807, 2.05) is 0 Å². The minimum Gasteiger partial charge on any atom is -0.312 e. The Morgan fingerprint density at radius 1 is 1.50 bits per heavy atom. The van der Waals surface area contributed by atoms with Crippen LogP contribution in [0.25, 0.3) is 0 Å². The molecule has 0 aromatic heterocycles. The maximum atomic E-state index is 13.4. The third-order valence-corrected chi connectivity index (χ3v) is 3.45. The first-order valence-electron chi connectivity index (χ1n) is 5.81. The van der Waals surface area contributed by atoms with Crippen molar-refractivity contribution in [3.8, 4) is 0 Å². The second kappa shape index (κ2) is 5.15. The van der Waals surface area contributed by atoms with Gasteiger partial charge in [0.1, 0.15) is 5.82 Å². The quantitative estimate of drug-likeness (QED) is 0.831. The highest BCUT2D eigenvalue weighted by Gasteiger charge is 2.27. The molecule has 1 unspecified atom stereocenters. The molecule has 1 aromatic carbocycles. The van der Waals surface area contributed by atoms with Gasteiger partial charge >= 0.3 is 0 Å². The van der Waals surface area contributed by atoms with E-state index in [2.05, 4.69) is 12.2 Å². The summed E-state index contributed by atoms with van der Waals surface area (Å²) in [5.41, 5.74) is 0.649. The van der Waals surface area contributed by atoms with Crippen molar-refractivity contribution in [2.45, 2.75) is 26.3 Å². The fourth-order valence-electron chi connectivity index (χ4n) is 1.95. The van der Waals surface area contributed by atoms with E-state index in [9.17, 15) is 4.39 Å². The molecule has 1 aliphatic carbocycles. The van der Waals surface area contributed by atoms with Crippen molar-refractivity contribution >= 4 is 11.6 Å². The zero-order valence-corrected chi connectivity index (χ0v) is 10.2. The molecule has 0 aliphatic heterocycles. The monoisotopic (exact) mass is 241 g/mol. The second-order valence-corrected chi connectivity index (χ2v) is 5.12.